The molecule has 0 bridgehead atoms. The molecule has 22 heavy (non-hydrogen) atoms. The van der Waals surface area contributed by atoms with Crippen molar-refractivity contribution in [2.75, 3.05) is 19.7 Å². The Morgan fingerprint density at radius 2 is 1.91 bits per heavy atom. The van der Waals surface area contributed by atoms with E-state index in [0.29, 0.717) is 13.0 Å². The SMILES string of the molecule is CC1(C)CN(C(=O)NCC(CCO)c2ccccc2)C1(C)C. The van der Waals surface area contributed by atoms with Crippen molar-refractivity contribution >= 4 is 6.03 Å². The lowest BCUT2D eigenvalue weighted by Gasteiger charge is -2.61. The Bertz CT molecular complexity index is 511. The minimum Gasteiger partial charge on any atom is -0.396 e. The molecule has 0 saturated carbocycles. The largest absolute Gasteiger partial charge is 0.396 e. The molecule has 2 rings (SSSR count). The Morgan fingerprint density at radius 3 is 2.41 bits per heavy atom. The molecule has 4 nitrogen and oxygen atoms in total. The Balaban J connectivity index is 1.95. The predicted molar refractivity (Wildman–Crippen MR) is 88.9 cm³/mol. The Kier molecular flexibility index (Phi) is 4.81. The number of aliphatic hydroxyl groups is 1. The summed E-state index contributed by atoms with van der Waals surface area (Å²) in [4.78, 5) is 14.3. The fourth-order valence-electron chi connectivity index (χ4n) is 2.96. The van der Waals surface area contributed by atoms with Gasteiger partial charge in [0.2, 0.25) is 0 Å². The molecule has 1 saturated heterocycles. The van der Waals surface area contributed by atoms with Gasteiger partial charge in [-0.1, -0.05) is 44.2 Å². The lowest BCUT2D eigenvalue weighted by atomic mass is 9.65. The number of hydrogen-bond donors (Lipinski definition) is 2. The minimum absolute atomic E-state index is 0.0109. The zero-order chi connectivity index (χ0) is 16.4. The molecule has 0 aromatic heterocycles. The van der Waals surface area contributed by atoms with Gasteiger partial charge in [-0.3, -0.25) is 0 Å². The molecule has 1 heterocycles. The van der Waals surface area contributed by atoms with Gasteiger partial charge >= 0.3 is 6.03 Å². The van der Waals surface area contributed by atoms with E-state index in [1.54, 1.807) is 0 Å². The topological polar surface area (TPSA) is 52.6 Å². The molecule has 1 atom stereocenters. The van der Waals surface area contributed by atoms with Crippen LogP contribution in [0.2, 0.25) is 0 Å². The van der Waals surface area contributed by atoms with Crippen molar-refractivity contribution < 1.29 is 9.90 Å². The maximum absolute atomic E-state index is 12.4. The first-order valence-corrected chi connectivity index (χ1v) is 8.01. The van der Waals surface area contributed by atoms with Gasteiger partial charge in [0.1, 0.15) is 0 Å². The van der Waals surface area contributed by atoms with Gasteiger partial charge in [-0.2, -0.15) is 0 Å². The maximum Gasteiger partial charge on any atom is 0.317 e. The molecule has 1 aromatic rings. The molecule has 1 unspecified atom stereocenters. The summed E-state index contributed by atoms with van der Waals surface area (Å²) in [6, 6.07) is 10.0. The summed E-state index contributed by atoms with van der Waals surface area (Å²) in [6.45, 7) is 10.1. The highest BCUT2D eigenvalue weighted by Gasteiger charge is 2.54. The Hall–Kier alpha value is -1.55. The normalized spacial score (nSPS) is 20.1. The van der Waals surface area contributed by atoms with E-state index in [1.807, 2.05) is 35.2 Å². The summed E-state index contributed by atoms with van der Waals surface area (Å²) in [5.74, 6) is 0.146. The summed E-state index contributed by atoms with van der Waals surface area (Å²) >= 11 is 0. The highest BCUT2D eigenvalue weighted by atomic mass is 16.3. The van der Waals surface area contributed by atoms with Crippen LogP contribution in [0.25, 0.3) is 0 Å². The average molecular weight is 304 g/mol. The minimum atomic E-state index is -0.129. The van der Waals surface area contributed by atoms with Crippen molar-refractivity contribution in [3.05, 3.63) is 35.9 Å². The van der Waals surface area contributed by atoms with Gasteiger partial charge in [-0.15, -0.1) is 0 Å². The van der Waals surface area contributed by atoms with Gasteiger partial charge in [-0.05, 0) is 25.8 Å². The van der Waals surface area contributed by atoms with Crippen molar-refractivity contribution in [2.45, 2.75) is 45.6 Å². The van der Waals surface area contributed by atoms with Crippen LogP contribution in [0.4, 0.5) is 4.79 Å². The van der Waals surface area contributed by atoms with E-state index in [4.69, 9.17) is 0 Å². The van der Waals surface area contributed by atoms with Gasteiger partial charge in [0.25, 0.3) is 0 Å². The molecule has 1 aliphatic heterocycles. The third-order valence-electron chi connectivity index (χ3n) is 5.38. The number of carbonyl (C=O) groups excluding carboxylic acids is 1. The van der Waals surface area contributed by atoms with Crippen LogP contribution in [0.5, 0.6) is 0 Å². The molecule has 0 radical (unpaired) electrons. The fourth-order valence-corrected chi connectivity index (χ4v) is 2.96. The molecule has 2 amide bonds. The Labute approximate surface area is 133 Å². The molecule has 0 spiro atoms. The zero-order valence-electron chi connectivity index (χ0n) is 14.1. The standard InChI is InChI=1S/C18H28N2O2/c1-17(2)13-20(18(17,3)4)16(22)19-12-15(10-11-21)14-8-6-5-7-9-14/h5-9,15,21H,10-13H2,1-4H3,(H,19,22). The van der Waals surface area contributed by atoms with E-state index in [2.05, 4.69) is 33.0 Å². The van der Waals surface area contributed by atoms with Crippen LogP contribution in [0.3, 0.4) is 0 Å². The molecule has 1 fully saturated rings. The van der Waals surface area contributed by atoms with Crippen molar-refractivity contribution in [2.24, 2.45) is 5.41 Å². The van der Waals surface area contributed by atoms with E-state index in [9.17, 15) is 9.90 Å². The number of hydrogen-bond acceptors (Lipinski definition) is 2. The molecule has 1 aromatic carbocycles. The number of carbonyl (C=O) groups is 1. The highest BCUT2D eigenvalue weighted by Crippen LogP contribution is 2.46. The van der Waals surface area contributed by atoms with E-state index in [-0.39, 0.29) is 29.5 Å². The first kappa shape index (κ1) is 16.8. The van der Waals surface area contributed by atoms with Crippen molar-refractivity contribution in [1.82, 2.24) is 10.2 Å². The van der Waals surface area contributed by atoms with Gasteiger partial charge in [0, 0.05) is 36.6 Å². The second-order valence-electron chi connectivity index (χ2n) is 7.33. The number of likely N-dealkylation sites (tertiary alicyclic amines) is 1. The van der Waals surface area contributed by atoms with Gasteiger partial charge in [0.05, 0.1) is 0 Å². The first-order valence-electron chi connectivity index (χ1n) is 8.01. The van der Waals surface area contributed by atoms with Crippen molar-refractivity contribution in [3.8, 4) is 0 Å². The van der Waals surface area contributed by atoms with Crippen molar-refractivity contribution in [1.29, 1.82) is 0 Å². The number of rotatable bonds is 5. The number of urea groups is 1. The van der Waals surface area contributed by atoms with Gasteiger partial charge in [-0.25, -0.2) is 4.79 Å². The van der Waals surface area contributed by atoms with Gasteiger partial charge < -0.3 is 15.3 Å². The molecule has 1 aliphatic rings. The first-order chi connectivity index (χ1) is 10.3. The highest BCUT2D eigenvalue weighted by molar-refractivity contribution is 5.76. The monoisotopic (exact) mass is 304 g/mol. The maximum atomic E-state index is 12.4. The average Bonchev–Trinajstić information content (AvgIpc) is 2.49. The number of aliphatic hydroxyl groups excluding tert-OH is 1. The van der Waals surface area contributed by atoms with Crippen LogP contribution in [-0.4, -0.2) is 41.3 Å². The fraction of sp³-hybridized carbons (Fsp3) is 0.611. The third-order valence-corrected chi connectivity index (χ3v) is 5.38. The van der Waals surface area contributed by atoms with Crippen LogP contribution in [-0.2, 0) is 0 Å². The van der Waals surface area contributed by atoms with E-state index in [1.165, 1.54) is 0 Å². The lowest BCUT2D eigenvalue weighted by molar-refractivity contribution is -0.0807. The number of amides is 2. The quantitative estimate of drug-likeness (QED) is 0.878. The molecule has 0 aliphatic carbocycles. The van der Waals surface area contributed by atoms with Crippen LogP contribution in [0, 0.1) is 5.41 Å². The summed E-state index contributed by atoms with van der Waals surface area (Å²) in [5, 5.41) is 12.3. The van der Waals surface area contributed by atoms with E-state index < -0.39 is 0 Å². The Morgan fingerprint density at radius 1 is 1.27 bits per heavy atom. The molecular weight excluding hydrogens is 276 g/mol. The molecule has 122 valence electrons. The second-order valence-corrected chi connectivity index (χ2v) is 7.33. The molecular formula is C18H28N2O2. The molecule has 4 heteroatoms. The predicted octanol–water partition coefficient (Wildman–Crippen LogP) is 2.98. The van der Waals surface area contributed by atoms with Crippen LogP contribution < -0.4 is 5.32 Å². The van der Waals surface area contributed by atoms with E-state index in [0.717, 1.165) is 12.1 Å². The summed E-state index contributed by atoms with van der Waals surface area (Å²) < 4.78 is 0. The zero-order valence-corrected chi connectivity index (χ0v) is 14.1. The molecule has 2 N–H and O–H groups in total. The number of benzene rings is 1. The van der Waals surface area contributed by atoms with Crippen LogP contribution in [0.1, 0.15) is 45.6 Å². The summed E-state index contributed by atoms with van der Waals surface area (Å²) in [5.41, 5.74) is 1.17. The number of nitrogens with zero attached hydrogens (tertiary/aromatic N) is 1. The number of nitrogens with one attached hydrogen (secondary N) is 1. The summed E-state index contributed by atoms with van der Waals surface area (Å²) in [6.07, 6.45) is 0.652. The second kappa shape index (κ2) is 6.29. The summed E-state index contributed by atoms with van der Waals surface area (Å²) in [7, 11) is 0. The van der Waals surface area contributed by atoms with Gasteiger partial charge in [0.15, 0.2) is 0 Å². The van der Waals surface area contributed by atoms with Crippen LogP contribution >= 0.6 is 0 Å². The van der Waals surface area contributed by atoms with Crippen LogP contribution in [0.15, 0.2) is 30.3 Å². The third kappa shape index (κ3) is 3.12. The smallest absolute Gasteiger partial charge is 0.317 e. The van der Waals surface area contributed by atoms with Crippen molar-refractivity contribution in [3.63, 3.8) is 0 Å². The lowest BCUT2D eigenvalue weighted by Crippen LogP contribution is -2.72. The van der Waals surface area contributed by atoms with E-state index >= 15 is 0 Å².